The van der Waals surface area contributed by atoms with E-state index in [9.17, 15) is 21.6 Å². The number of aromatic nitrogens is 4. The van der Waals surface area contributed by atoms with Gasteiger partial charge in [0.15, 0.2) is 0 Å². The van der Waals surface area contributed by atoms with Crippen LogP contribution in [0.2, 0.25) is 0 Å². The van der Waals surface area contributed by atoms with Crippen molar-refractivity contribution in [3.8, 4) is 5.75 Å². The number of aryl methyl sites for hydroxylation is 2. The minimum atomic E-state index is -4.35. The van der Waals surface area contributed by atoms with Gasteiger partial charge in [-0.3, -0.25) is 9.23 Å². The van der Waals surface area contributed by atoms with Crippen molar-refractivity contribution in [1.82, 2.24) is 20.0 Å². The molecule has 2 heterocycles. The van der Waals surface area contributed by atoms with Crippen LogP contribution in [0.1, 0.15) is 41.1 Å². The average molecular weight is 565 g/mol. The predicted molar refractivity (Wildman–Crippen MR) is 138 cm³/mol. The van der Waals surface area contributed by atoms with Gasteiger partial charge in [-0.15, -0.1) is 5.10 Å². The van der Waals surface area contributed by atoms with E-state index < -0.39 is 21.9 Å². The maximum Gasteiger partial charge on any atom is 0.416 e. The number of rotatable bonds is 10. The first-order valence-electron chi connectivity index (χ1n) is 11.7. The lowest BCUT2D eigenvalue weighted by Gasteiger charge is -2.06. The van der Waals surface area contributed by atoms with Gasteiger partial charge in [-0.25, -0.2) is 4.98 Å². The molecule has 4 rings (SSSR count). The smallest absolute Gasteiger partial charge is 0.416 e. The van der Waals surface area contributed by atoms with E-state index in [1.54, 1.807) is 18.3 Å². The zero-order chi connectivity index (χ0) is 28.3. The Hall–Kier alpha value is -3.97. The van der Waals surface area contributed by atoms with E-state index in [2.05, 4.69) is 15.3 Å². The first-order valence-corrected chi connectivity index (χ1v) is 13.6. The highest BCUT2D eigenvalue weighted by Crippen LogP contribution is 2.29. The molecule has 0 atom stereocenters. The standard InChI is InChI=1S/C25H23F3N4O2.CH4O3S/c26-25(27,28)21-9-4-20(5-10-21)8-13-24-30-22(18-34-24)17-33-23-11-6-19(7-12-23)3-1-2-15-32-16-14-29-31-32;1-5(2,3)4/h4-14,16,18H,1-3,15,17H2;1H3,(H,2,3,4)/b13-8+;. The molecule has 0 radical (unpaired) electrons. The summed E-state index contributed by atoms with van der Waals surface area (Å²) in [5.41, 5.74) is 1.78. The molecule has 0 saturated carbocycles. The van der Waals surface area contributed by atoms with Crippen LogP contribution in [0, 0.1) is 0 Å². The quantitative estimate of drug-likeness (QED) is 0.196. The number of unbranched alkanes of at least 4 members (excludes halogenated alkanes) is 1. The van der Waals surface area contributed by atoms with Crippen molar-refractivity contribution in [2.24, 2.45) is 0 Å². The molecule has 0 fully saturated rings. The Morgan fingerprint density at radius 1 is 1.05 bits per heavy atom. The molecule has 0 saturated heterocycles. The van der Waals surface area contributed by atoms with Crippen LogP contribution in [0.4, 0.5) is 13.2 Å². The Kier molecular flexibility index (Phi) is 10.4. The Labute approximate surface area is 223 Å². The van der Waals surface area contributed by atoms with Crippen LogP contribution in [0.3, 0.4) is 0 Å². The number of ether oxygens (including phenoxy) is 1. The molecule has 0 aliphatic heterocycles. The van der Waals surface area contributed by atoms with Crippen LogP contribution in [0.25, 0.3) is 12.2 Å². The molecule has 0 amide bonds. The van der Waals surface area contributed by atoms with Gasteiger partial charge >= 0.3 is 6.18 Å². The third-order valence-corrected chi connectivity index (χ3v) is 5.11. The lowest BCUT2D eigenvalue weighted by molar-refractivity contribution is -0.137. The van der Waals surface area contributed by atoms with Gasteiger partial charge in [0.05, 0.1) is 18.0 Å². The Morgan fingerprint density at radius 3 is 2.36 bits per heavy atom. The van der Waals surface area contributed by atoms with Crippen LogP contribution < -0.4 is 4.74 Å². The molecular formula is C26H27F3N4O5S. The molecule has 0 aliphatic carbocycles. The highest BCUT2D eigenvalue weighted by molar-refractivity contribution is 7.85. The normalized spacial score (nSPS) is 11.8. The van der Waals surface area contributed by atoms with Crippen molar-refractivity contribution in [1.29, 1.82) is 0 Å². The maximum absolute atomic E-state index is 12.6. The van der Waals surface area contributed by atoms with Gasteiger partial charge < -0.3 is 9.15 Å². The summed E-state index contributed by atoms with van der Waals surface area (Å²) >= 11 is 0. The van der Waals surface area contributed by atoms with E-state index in [0.717, 1.165) is 43.7 Å². The molecule has 9 nitrogen and oxygen atoms in total. The summed E-state index contributed by atoms with van der Waals surface area (Å²) in [7, 11) is -3.67. The molecule has 0 spiro atoms. The molecular weight excluding hydrogens is 537 g/mol. The minimum absolute atomic E-state index is 0.245. The van der Waals surface area contributed by atoms with Gasteiger partial charge in [-0.05, 0) is 60.7 Å². The van der Waals surface area contributed by atoms with Gasteiger partial charge in [0.2, 0.25) is 5.89 Å². The number of halogens is 3. The molecule has 2 aromatic carbocycles. The van der Waals surface area contributed by atoms with Gasteiger partial charge in [0.25, 0.3) is 10.1 Å². The fourth-order valence-electron chi connectivity index (χ4n) is 3.28. The number of benzene rings is 2. The summed E-state index contributed by atoms with van der Waals surface area (Å²) in [6.45, 7) is 1.11. The van der Waals surface area contributed by atoms with Crippen molar-refractivity contribution >= 4 is 22.3 Å². The molecule has 2 aromatic heterocycles. The Bertz CT molecular complexity index is 1410. The average Bonchev–Trinajstić information content (AvgIpc) is 3.56. The van der Waals surface area contributed by atoms with Crippen molar-refractivity contribution in [3.05, 3.63) is 95.5 Å². The Balaban J connectivity index is 0.000000771. The zero-order valence-corrected chi connectivity index (χ0v) is 21.8. The SMILES string of the molecule is CS(=O)(=O)O.FC(F)(F)c1ccc(/C=C/c2nc(COc3ccc(CCCCn4ccnn4)cc3)co2)cc1. The monoisotopic (exact) mass is 564 g/mol. The summed E-state index contributed by atoms with van der Waals surface area (Å²) in [6, 6.07) is 12.8. The van der Waals surface area contributed by atoms with Gasteiger partial charge in [-0.1, -0.05) is 29.5 Å². The minimum Gasteiger partial charge on any atom is -0.487 e. The molecule has 39 heavy (non-hydrogen) atoms. The van der Waals surface area contributed by atoms with E-state index in [4.69, 9.17) is 13.7 Å². The van der Waals surface area contributed by atoms with Gasteiger partial charge in [0, 0.05) is 18.8 Å². The molecule has 208 valence electrons. The van der Waals surface area contributed by atoms with Crippen LogP contribution in [-0.4, -0.2) is 39.2 Å². The van der Waals surface area contributed by atoms with Crippen LogP contribution >= 0.6 is 0 Å². The van der Waals surface area contributed by atoms with Crippen molar-refractivity contribution < 1.29 is 35.3 Å². The van der Waals surface area contributed by atoms with Crippen molar-refractivity contribution in [2.45, 2.75) is 38.6 Å². The highest BCUT2D eigenvalue weighted by atomic mass is 32.2. The summed E-state index contributed by atoms with van der Waals surface area (Å²) < 4.78 is 76.8. The van der Waals surface area contributed by atoms with Crippen molar-refractivity contribution in [3.63, 3.8) is 0 Å². The number of hydrogen-bond donors (Lipinski definition) is 1. The van der Waals surface area contributed by atoms with Crippen LogP contribution in [0.5, 0.6) is 5.75 Å². The summed E-state index contributed by atoms with van der Waals surface area (Å²) in [5.74, 6) is 1.08. The second kappa shape index (κ2) is 13.7. The molecule has 0 unspecified atom stereocenters. The maximum atomic E-state index is 12.6. The summed E-state index contributed by atoms with van der Waals surface area (Å²) in [6.07, 6.45) is 7.71. The number of hydrogen-bond acceptors (Lipinski definition) is 7. The molecule has 0 aliphatic rings. The van der Waals surface area contributed by atoms with E-state index in [0.29, 0.717) is 23.4 Å². The summed E-state index contributed by atoms with van der Waals surface area (Å²) in [4.78, 5) is 4.32. The molecule has 4 aromatic rings. The number of oxazole rings is 1. The third-order valence-electron chi connectivity index (χ3n) is 5.11. The lowest BCUT2D eigenvalue weighted by Crippen LogP contribution is -2.03. The first-order chi connectivity index (χ1) is 18.5. The second-order valence-corrected chi connectivity index (χ2v) is 9.89. The Morgan fingerprint density at radius 2 is 1.74 bits per heavy atom. The van der Waals surface area contributed by atoms with E-state index in [1.807, 2.05) is 35.1 Å². The largest absolute Gasteiger partial charge is 0.487 e. The highest BCUT2D eigenvalue weighted by Gasteiger charge is 2.29. The fraction of sp³-hybridized carbons (Fsp3) is 0.269. The lowest BCUT2D eigenvalue weighted by atomic mass is 10.1. The van der Waals surface area contributed by atoms with Gasteiger partial charge in [-0.2, -0.15) is 21.6 Å². The molecule has 0 bridgehead atoms. The van der Waals surface area contributed by atoms with E-state index >= 15 is 0 Å². The zero-order valence-electron chi connectivity index (χ0n) is 21.0. The molecule has 13 heteroatoms. The molecule has 1 N–H and O–H groups in total. The second-order valence-electron chi connectivity index (χ2n) is 8.42. The number of alkyl halides is 3. The van der Waals surface area contributed by atoms with Gasteiger partial charge in [0.1, 0.15) is 24.3 Å². The summed E-state index contributed by atoms with van der Waals surface area (Å²) in [5, 5.41) is 7.75. The fourth-order valence-corrected chi connectivity index (χ4v) is 3.28. The third kappa shape index (κ3) is 11.5. The first kappa shape index (κ1) is 29.6. The predicted octanol–water partition coefficient (Wildman–Crippen LogP) is 5.56. The van der Waals surface area contributed by atoms with Crippen LogP contribution in [-0.2, 0) is 35.9 Å². The van der Waals surface area contributed by atoms with Crippen molar-refractivity contribution in [2.75, 3.05) is 6.26 Å². The topological polar surface area (TPSA) is 120 Å². The number of nitrogens with zero attached hydrogens (tertiary/aromatic N) is 4. The van der Waals surface area contributed by atoms with E-state index in [-0.39, 0.29) is 6.61 Å². The van der Waals surface area contributed by atoms with E-state index in [1.165, 1.54) is 24.0 Å². The van der Waals surface area contributed by atoms with Crippen LogP contribution in [0.15, 0.2) is 71.6 Å².